The van der Waals surface area contributed by atoms with E-state index in [1.165, 1.54) is 11.1 Å². The molecule has 3 rings (SSSR count). The Bertz CT molecular complexity index is 1100. The maximum absolute atomic E-state index is 12.8. The van der Waals surface area contributed by atoms with Crippen LogP contribution in [-0.4, -0.2) is 29.8 Å². The Balaban J connectivity index is 1.63. The van der Waals surface area contributed by atoms with Crippen molar-refractivity contribution in [3.8, 4) is 0 Å². The van der Waals surface area contributed by atoms with Crippen molar-refractivity contribution in [3.05, 3.63) is 101 Å². The van der Waals surface area contributed by atoms with Gasteiger partial charge in [0.05, 0.1) is 0 Å². The summed E-state index contributed by atoms with van der Waals surface area (Å²) >= 11 is 0. The summed E-state index contributed by atoms with van der Waals surface area (Å²) in [6.07, 6.45) is 0. The van der Waals surface area contributed by atoms with Crippen molar-refractivity contribution < 1.29 is 9.59 Å². The fraction of sp³-hybridized carbons (Fsp3) is 0.310. The Labute approximate surface area is 203 Å². The fourth-order valence-electron chi connectivity index (χ4n) is 3.81. The fourth-order valence-corrected chi connectivity index (χ4v) is 3.81. The molecule has 0 aliphatic carbocycles. The van der Waals surface area contributed by atoms with E-state index in [1.54, 1.807) is 24.3 Å². The van der Waals surface area contributed by atoms with E-state index in [1.807, 2.05) is 36.4 Å². The Morgan fingerprint density at radius 1 is 0.794 bits per heavy atom. The molecular weight excluding hydrogens is 422 g/mol. The number of anilines is 1. The highest BCUT2D eigenvalue weighted by atomic mass is 16.2. The lowest BCUT2D eigenvalue weighted by Crippen LogP contribution is -2.26. The minimum atomic E-state index is -0.196. The summed E-state index contributed by atoms with van der Waals surface area (Å²) in [5.74, 6) is 0.0460. The van der Waals surface area contributed by atoms with Crippen LogP contribution in [0.5, 0.6) is 0 Å². The van der Waals surface area contributed by atoms with Gasteiger partial charge in [-0.25, -0.2) is 0 Å². The molecule has 0 radical (unpaired) electrons. The molecule has 2 amide bonds. The molecule has 34 heavy (non-hydrogen) atoms. The smallest absolute Gasteiger partial charge is 0.255 e. The third-order valence-electron chi connectivity index (χ3n) is 6.07. The predicted molar refractivity (Wildman–Crippen MR) is 139 cm³/mol. The number of hydrogen-bond acceptors (Lipinski definition) is 3. The Morgan fingerprint density at radius 3 is 2.12 bits per heavy atom. The average Bonchev–Trinajstić information content (AvgIpc) is 2.86. The molecule has 0 fully saturated rings. The summed E-state index contributed by atoms with van der Waals surface area (Å²) in [6.45, 7) is 11.8. The highest BCUT2D eigenvalue weighted by Gasteiger charge is 2.12. The molecule has 0 atom stereocenters. The molecule has 0 aliphatic rings. The molecule has 0 unspecified atom stereocenters. The van der Waals surface area contributed by atoms with Crippen LogP contribution >= 0.6 is 0 Å². The summed E-state index contributed by atoms with van der Waals surface area (Å²) in [4.78, 5) is 27.8. The molecule has 5 nitrogen and oxygen atoms in total. The second-order valence-corrected chi connectivity index (χ2v) is 8.72. The molecule has 0 spiro atoms. The summed E-state index contributed by atoms with van der Waals surface area (Å²) in [6, 6.07) is 22.8. The monoisotopic (exact) mass is 457 g/mol. The highest BCUT2D eigenvalue weighted by molar-refractivity contribution is 6.05. The number of carbonyl (C=O) groups excluding carboxylic acids is 2. The van der Waals surface area contributed by atoms with Crippen molar-refractivity contribution in [2.45, 2.75) is 46.7 Å². The number of benzene rings is 3. The van der Waals surface area contributed by atoms with Crippen LogP contribution in [0.4, 0.5) is 5.69 Å². The summed E-state index contributed by atoms with van der Waals surface area (Å²) in [7, 11) is 0. The normalized spacial score (nSPS) is 11.0. The van der Waals surface area contributed by atoms with E-state index in [0.29, 0.717) is 29.3 Å². The van der Waals surface area contributed by atoms with Crippen molar-refractivity contribution in [2.24, 2.45) is 0 Å². The zero-order valence-electron chi connectivity index (χ0n) is 20.6. The van der Waals surface area contributed by atoms with Crippen LogP contribution in [0.2, 0.25) is 0 Å². The van der Waals surface area contributed by atoms with E-state index in [4.69, 9.17) is 0 Å². The van der Waals surface area contributed by atoms with Crippen molar-refractivity contribution >= 4 is 17.5 Å². The van der Waals surface area contributed by atoms with Crippen LogP contribution in [0, 0.1) is 0 Å². The third kappa shape index (κ3) is 6.78. The van der Waals surface area contributed by atoms with Crippen molar-refractivity contribution in [1.82, 2.24) is 10.2 Å². The van der Waals surface area contributed by atoms with Crippen LogP contribution in [0.25, 0.3) is 0 Å². The number of carbonyl (C=O) groups is 2. The third-order valence-corrected chi connectivity index (χ3v) is 6.07. The quantitative estimate of drug-likeness (QED) is 0.402. The molecule has 3 aromatic carbocycles. The molecule has 5 heteroatoms. The minimum absolute atomic E-state index is 0.171. The van der Waals surface area contributed by atoms with Crippen LogP contribution in [-0.2, 0) is 13.1 Å². The topological polar surface area (TPSA) is 61.4 Å². The van der Waals surface area contributed by atoms with E-state index in [9.17, 15) is 9.59 Å². The van der Waals surface area contributed by atoms with Gasteiger partial charge in [-0.15, -0.1) is 0 Å². The van der Waals surface area contributed by atoms with Gasteiger partial charge in [-0.2, -0.15) is 0 Å². The summed E-state index contributed by atoms with van der Waals surface area (Å²) < 4.78 is 0. The first-order valence-electron chi connectivity index (χ1n) is 12.0. The maximum Gasteiger partial charge on any atom is 0.255 e. The number of hydrogen-bond donors (Lipinski definition) is 2. The lowest BCUT2D eigenvalue weighted by Gasteiger charge is -2.20. The van der Waals surface area contributed by atoms with Gasteiger partial charge in [-0.1, -0.05) is 70.2 Å². The van der Waals surface area contributed by atoms with Crippen LogP contribution in [0.3, 0.4) is 0 Å². The molecule has 3 aromatic rings. The Morgan fingerprint density at radius 2 is 1.47 bits per heavy atom. The van der Waals surface area contributed by atoms with Crippen LogP contribution in [0.1, 0.15) is 71.0 Å². The molecule has 0 saturated carbocycles. The second-order valence-electron chi connectivity index (χ2n) is 8.72. The molecular formula is C29H35N3O2. The van der Waals surface area contributed by atoms with Gasteiger partial charge in [0.15, 0.2) is 0 Å². The van der Waals surface area contributed by atoms with Crippen LogP contribution < -0.4 is 10.6 Å². The van der Waals surface area contributed by atoms with Crippen molar-refractivity contribution in [1.29, 1.82) is 0 Å². The Kier molecular flexibility index (Phi) is 9.00. The molecule has 0 heterocycles. The van der Waals surface area contributed by atoms with Crippen molar-refractivity contribution in [2.75, 3.05) is 18.4 Å². The van der Waals surface area contributed by atoms with Gasteiger partial charge in [-0.05, 0) is 66.0 Å². The van der Waals surface area contributed by atoms with Gasteiger partial charge in [0.2, 0.25) is 0 Å². The van der Waals surface area contributed by atoms with Gasteiger partial charge >= 0.3 is 0 Å². The first kappa shape index (κ1) is 25.2. The molecule has 0 bridgehead atoms. The number of nitrogens with one attached hydrogen (secondary N) is 2. The van der Waals surface area contributed by atoms with E-state index in [2.05, 4.69) is 55.4 Å². The van der Waals surface area contributed by atoms with E-state index in [-0.39, 0.29) is 11.8 Å². The van der Waals surface area contributed by atoms with E-state index in [0.717, 1.165) is 25.2 Å². The summed E-state index contributed by atoms with van der Waals surface area (Å²) in [5.41, 5.74) is 5.20. The Hall–Kier alpha value is -3.44. The first-order valence-corrected chi connectivity index (χ1v) is 12.0. The summed E-state index contributed by atoms with van der Waals surface area (Å²) in [5, 5.41) is 5.92. The minimum Gasteiger partial charge on any atom is -0.348 e. The van der Waals surface area contributed by atoms with Gasteiger partial charge in [0.1, 0.15) is 0 Å². The van der Waals surface area contributed by atoms with Gasteiger partial charge in [0, 0.05) is 29.9 Å². The highest BCUT2D eigenvalue weighted by Crippen LogP contribution is 2.17. The first-order chi connectivity index (χ1) is 16.4. The van der Waals surface area contributed by atoms with Crippen LogP contribution in [0.15, 0.2) is 72.8 Å². The van der Waals surface area contributed by atoms with Gasteiger partial charge in [0.25, 0.3) is 11.8 Å². The molecule has 178 valence electrons. The number of nitrogens with zero attached hydrogens (tertiary/aromatic N) is 1. The molecule has 0 saturated heterocycles. The predicted octanol–water partition coefficient (Wildman–Crippen LogP) is 5.83. The molecule has 2 N–H and O–H groups in total. The number of amides is 2. The zero-order chi connectivity index (χ0) is 24.5. The zero-order valence-corrected chi connectivity index (χ0v) is 20.6. The maximum atomic E-state index is 12.8. The second kappa shape index (κ2) is 12.1. The average molecular weight is 458 g/mol. The largest absolute Gasteiger partial charge is 0.348 e. The van der Waals surface area contributed by atoms with E-state index < -0.39 is 0 Å². The van der Waals surface area contributed by atoms with Gasteiger partial charge in [-0.3, -0.25) is 14.5 Å². The standard InChI is InChI=1S/C29H35N3O2/c1-5-32(6-2)20-26-11-8-7-10-25(26)19-30-28(33)24-12-9-13-27(18-24)31-29(34)23-16-14-22(15-17-23)21(3)4/h7-18,21H,5-6,19-20H2,1-4H3,(H,30,33)(H,31,34). The van der Waals surface area contributed by atoms with Gasteiger partial charge < -0.3 is 10.6 Å². The lowest BCUT2D eigenvalue weighted by molar-refractivity contribution is 0.0949. The van der Waals surface area contributed by atoms with Crippen molar-refractivity contribution in [3.63, 3.8) is 0 Å². The molecule has 0 aromatic heterocycles. The number of rotatable bonds is 10. The van der Waals surface area contributed by atoms with E-state index >= 15 is 0 Å². The lowest BCUT2D eigenvalue weighted by atomic mass is 10.0. The SMILES string of the molecule is CCN(CC)Cc1ccccc1CNC(=O)c1cccc(NC(=O)c2ccc(C(C)C)cc2)c1. The molecule has 0 aliphatic heterocycles.